The Bertz CT molecular complexity index is 418. The highest BCUT2D eigenvalue weighted by Crippen LogP contribution is 1.92. The molecule has 0 spiro atoms. The number of hydrogen-bond acceptors (Lipinski definition) is 4. The van der Waals surface area contributed by atoms with Crippen LogP contribution in [0.2, 0.25) is 0 Å². The Morgan fingerprint density at radius 2 is 2.28 bits per heavy atom. The molecule has 1 aromatic rings. The average Bonchev–Trinajstić information content (AvgIpc) is 2.71. The van der Waals surface area contributed by atoms with E-state index in [0.717, 1.165) is 5.56 Å². The molecule has 4 N–H and O–H groups in total. The van der Waals surface area contributed by atoms with E-state index < -0.39 is 24.6 Å². The summed E-state index contributed by atoms with van der Waals surface area (Å²) < 4.78 is 1.66. The molecule has 0 saturated heterocycles. The van der Waals surface area contributed by atoms with Crippen LogP contribution in [0.4, 0.5) is 4.79 Å². The molecule has 0 bridgehead atoms. The summed E-state index contributed by atoms with van der Waals surface area (Å²) in [6.07, 6.45) is 3.53. The molecule has 8 heteroatoms. The standard InChI is InChI=1S/C10H16N4O4/c1-7-4-12-14(5-7)3-2-11-10(18)13-8(6-15)9(16)17/h4-5,8,15H,2-3,6H2,1H3,(H,16,17)(H2,11,13,18)/t8-/m0/s1. The summed E-state index contributed by atoms with van der Waals surface area (Å²) >= 11 is 0. The number of nitrogens with one attached hydrogen (secondary N) is 2. The van der Waals surface area contributed by atoms with Crippen molar-refractivity contribution in [2.24, 2.45) is 0 Å². The van der Waals surface area contributed by atoms with Gasteiger partial charge in [-0.3, -0.25) is 4.68 Å². The fourth-order valence-corrected chi connectivity index (χ4v) is 1.27. The minimum atomic E-state index is -1.29. The first-order valence-corrected chi connectivity index (χ1v) is 5.40. The number of aliphatic hydroxyl groups is 1. The number of amides is 2. The van der Waals surface area contributed by atoms with Crippen LogP contribution in [0.25, 0.3) is 0 Å². The lowest BCUT2D eigenvalue weighted by Crippen LogP contribution is -2.48. The number of carboxylic acids is 1. The van der Waals surface area contributed by atoms with Crippen molar-refractivity contribution < 1.29 is 19.8 Å². The van der Waals surface area contributed by atoms with Crippen molar-refractivity contribution in [1.29, 1.82) is 0 Å². The second-order valence-corrected chi connectivity index (χ2v) is 3.75. The fraction of sp³-hybridized carbons (Fsp3) is 0.500. The number of rotatable bonds is 6. The Labute approximate surface area is 104 Å². The molecule has 18 heavy (non-hydrogen) atoms. The normalized spacial score (nSPS) is 11.9. The van der Waals surface area contributed by atoms with Crippen LogP contribution in [0.15, 0.2) is 12.4 Å². The van der Waals surface area contributed by atoms with Crippen LogP contribution < -0.4 is 10.6 Å². The molecule has 0 saturated carbocycles. The molecule has 0 fully saturated rings. The summed E-state index contributed by atoms with van der Waals surface area (Å²) in [7, 11) is 0. The number of urea groups is 1. The molecule has 1 heterocycles. The van der Waals surface area contributed by atoms with Crippen LogP contribution in [-0.2, 0) is 11.3 Å². The minimum Gasteiger partial charge on any atom is -0.480 e. The van der Waals surface area contributed by atoms with Gasteiger partial charge in [0, 0.05) is 12.7 Å². The predicted molar refractivity (Wildman–Crippen MR) is 62.0 cm³/mol. The van der Waals surface area contributed by atoms with Crippen LogP contribution in [0, 0.1) is 6.92 Å². The number of carbonyl (C=O) groups excluding carboxylic acids is 1. The lowest BCUT2D eigenvalue weighted by Gasteiger charge is -2.12. The monoisotopic (exact) mass is 256 g/mol. The number of carbonyl (C=O) groups is 2. The van der Waals surface area contributed by atoms with Gasteiger partial charge in [-0.2, -0.15) is 5.10 Å². The average molecular weight is 256 g/mol. The third-order valence-electron chi connectivity index (χ3n) is 2.17. The van der Waals surface area contributed by atoms with Crippen LogP contribution in [-0.4, -0.2) is 51.2 Å². The summed E-state index contributed by atoms with van der Waals surface area (Å²) in [6.45, 7) is 2.05. The van der Waals surface area contributed by atoms with Gasteiger partial charge in [-0.15, -0.1) is 0 Å². The highest BCUT2D eigenvalue weighted by atomic mass is 16.4. The van der Waals surface area contributed by atoms with Crippen LogP contribution in [0.3, 0.4) is 0 Å². The quantitative estimate of drug-likeness (QED) is 0.517. The minimum absolute atomic E-state index is 0.310. The summed E-state index contributed by atoms with van der Waals surface area (Å²) in [5, 5.41) is 26.0. The lowest BCUT2D eigenvalue weighted by atomic mass is 10.3. The number of nitrogens with zero attached hydrogens (tertiary/aromatic N) is 2. The van der Waals surface area contributed by atoms with Crippen molar-refractivity contribution in [2.45, 2.75) is 19.5 Å². The second-order valence-electron chi connectivity index (χ2n) is 3.75. The van der Waals surface area contributed by atoms with Crippen molar-refractivity contribution in [3.05, 3.63) is 18.0 Å². The van der Waals surface area contributed by atoms with E-state index in [9.17, 15) is 9.59 Å². The van der Waals surface area contributed by atoms with E-state index in [4.69, 9.17) is 10.2 Å². The largest absolute Gasteiger partial charge is 0.480 e. The van der Waals surface area contributed by atoms with E-state index in [0.29, 0.717) is 13.1 Å². The maximum atomic E-state index is 11.3. The summed E-state index contributed by atoms with van der Waals surface area (Å²) in [5.41, 5.74) is 1.02. The Hall–Kier alpha value is -2.09. The van der Waals surface area contributed by atoms with Crippen molar-refractivity contribution in [2.75, 3.05) is 13.2 Å². The lowest BCUT2D eigenvalue weighted by molar-refractivity contribution is -0.140. The first-order valence-electron chi connectivity index (χ1n) is 5.40. The molecule has 0 aliphatic rings. The molecule has 0 aliphatic heterocycles. The van der Waals surface area contributed by atoms with Gasteiger partial charge in [-0.25, -0.2) is 9.59 Å². The second kappa shape index (κ2) is 6.60. The van der Waals surface area contributed by atoms with Gasteiger partial charge < -0.3 is 20.8 Å². The number of carboxylic acid groups (broad SMARTS) is 1. The first-order chi connectivity index (χ1) is 8.52. The topological polar surface area (TPSA) is 116 Å². The van der Waals surface area contributed by atoms with Crippen LogP contribution in [0.1, 0.15) is 5.56 Å². The van der Waals surface area contributed by atoms with Gasteiger partial charge in [0.05, 0.1) is 19.3 Å². The smallest absolute Gasteiger partial charge is 0.328 e. The molecule has 0 aromatic carbocycles. The third-order valence-corrected chi connectivity index (χ3v) is 2.17. The molecule has 0 aliphatic carbocycles. The predicted octanol–water partition coefficient (Wildman–Crippen LogP) is -1.06. The summed E-state index contributed by atoms with van der Waals surface area (Å²) in [5.74, 6) is -1.28. The summed E-state index contributed by atoms with van der Waals surface area (Å²) in [4.78, 5) is 21.8. The van der Waals surface area contributed by atoms with Crippen LogP contribution >= 0.6 is 0 Å². The molecule has 0 unspecified atom stereocenters. The van der Waals surface area contributed by atoms with Gasteiger partial charge in [-0.1, -0.05) is 0 Å². The number of aryl methyl sites for hydroxylation is 1. The zero-order valence-corrected chi connectivity index (χ0v) is 9.96. The van der Waals surface area contributed by atoms with E-state index in [1.54, 1.807) is 10.9 Å². The number of aliphatic hydroxyl groups excluding tert-OH is 1. The molecule has 2 amide bonds. The Morgan fingerprint density at radius 3 is 2.78 bits per heavy atom. The van der Waals surface area contributed by atoms with Gasteiger partial charge in [0.2, 0.25) is 0 Å². The molecule has 1 aromatic heterocycles. The fourth-order valence-electron chi connectivity index (χ4n) is 1.27. The molecule has 1 atom stereocenters. The summed E-state index contributed by atoms with van der Waals surface area (Å²) in [6, 6.07) is -1.93. The Morgan fingerprint density at radius 1 is 1.56 bits per heavy atom. The maximum absolute atomic E-state index is 11.3. The molecule has 8 nitrogen and oxygen atoms in total. The molecular formula is C10H16N4O4. The zero-order valence-electron chi connectivity index (χ0n) is 9.96. The van der Waals surface area contributed by atoms with Crippen molar-refractivity contribution in [3.63, 3.8) is 0 Å². The van der Waals surface area contributed by atoms with Gasteiger partial charge in [0.15, 0.2) is 6.04 Å². The molecular weight excluding hydrogens is 240 g/mol. The van der Waals surface area contributed by atoms with Crippen molar-refractivity contribution >= 4 is 12.0 Å². The Kier molecular flexibility index (Phi) is 5.12. The van der Waals surface area contributed by atoms with Crippen LogP contribution in [0.5, 0.6) is 0 Å². The van der Waals surface area contributed by atoms with E-state index in [1.807, 2.05) is 13.1 Å². The maximum Gasteiger partial charge on any atom is 0.328 e. The number of hydrogen-bond donors (Lipinski definition) is 4. The molecule has 0 radical (unpaired) electrons. The van der Waals surface area contributed by atoms with Crippen molar-refractivity contribution in [1.82, 2.24) is 20.4 Å². The SMILES string of the molecule is Cc1cnn(CCNC(=O)N[C@@H](CO)C(=O)O)c1. The van der Waals surface area contributed by atoms with Gasteiger partial charge in [0.1, 0.15) is 0 Å². The van der Waals surface area contributed by atoms with Gasteiger partial charge in [0.25, 0.3) is 0 Å². The Balaban J connectivity index is 2.26. The molecule has 1 rings (SSSR count). The van der Waals surface area contributed by atoms with E-state index in [1.165, 1.54) is 0 Å². The van der Waals surface area contributed by atoms with E-state index in [-0.39, 0.29) is 0 Å². The first kappa shape index (κ1) is 14.0. The van der Waals surface area contributed by atoms with Gasteiger partial charge >= 0.3 is 12.0 Å². The van der Waals surface area contributed by atoms with Crippen molar-refractivity contribution in [3.8, 4) is 0 Å². The van der Waals surface area contributed by atoms with E-state index >= 15 is 0 Å². The highest BCUT2D eigenvalue weighted by Gasteiger charge is 2.17. The molecule has 100 valence electrons. The number of aliphatic carboxylic acids is 1. The number of aromatic nitrogens is 2. The zero-order chi connectivity index (χ0) is 13.5. The van der Waals surface area contributed by atoms with Gasteiger partial charge in [-0.05, 0) is 12.5 Å². The highest BCUT2D eigenvalue weighted by molar-refractivity contribution is 5.82. The third kappa shape index (κ3) is 4.42. The van der Waals surface area contributed by atoms with E-state index in [2.05, 4.69) is 15.7 Å².